The van der Waals surface area contributed by atoms with Crippen molar-refractivity contribution >= 4 is 5.97 Å². The summed E-state index contributed by atoms with van der Waals surface area (Å²) in [5, 5.41) is 29.8. The largest absolute Gasteiger partial charge is 1.00 e. The SMILES string of the molecule is CCCCCCCC/C(O)=C(/O)CCCCCCCC(=O)[O-].[K+]. The second-order valence-corrected chi connectivity index (χ2v) is 6.05. The van der Waals surface area contributed by atoms with Crippen LogP contribution in [0.3, 0.4) is 0 Å². The normalized spacial score (nSPS) is 11.7. The van der Waals surface area contributed by atoms with Crippen LogP contribution in [0.15, 0.2) is 11.5 Å². The van der Waals surface area contributed by atoms with Crippen LogP contribution in [-0.4, -0.2) is 16.2 Å². The van der Waals surface area contributed by atoms with Gasteiger partial charge in [0.15, 0.2) is 0 Å². The van der Waals surface area contributed by atoms with E-state index >= 15 is 0 Å². The molecule has 0 aliphatic rings. The van der Waals surface area contributed by atoms with Gasteiger partial charge in [0.25, 0.3) is 0 Å². The molecule has 5 heteroatoms. The molecule has 0 aromatic heterocycles. The van der Waals surface area contributed by atoms with Crippen LogP contribution in [-0.2, 0) is 4.79 Å². The fourth-order valence-corrected chi connectivity index (χ4v) is 2.45. The number of allylic oxidation sites excluding steroid dienone is 2. The van der Waals surface area contributed by atoms with E-state index in [4.69, 9.17) is 0 Å². The fraction of sp³-hybridized carbons (Fsp3) is 0.833. The molecular weight excluding hydrogens is 319 g/mol. The Morgan fingerprint density at radius 1 is 0.696 bits per heavy atom. The molecule has 0 fully saturated rings. The summed E-state index contributed by atoms with van der Waals surface area (Å²) in [7, 11) is 0. The van der Waals surface area contributed by atoms with Crippen LogP contribution in [0.5, 0.6) is 0 Å². The number of unbranched alkanes of at least 4 members (excludes halogenated alkanes) is 9. The molecule has 0 saturated carbocycles. The first-order valence-corrected chi connectivity index (χ1v) is 8.87. The first-order chi connectivity index (χ1) is 10.6. The van der Waals surface area contributed by atoms with Crippen molar-refractivity contribution in [1.82, 2.24) is 0 Å². The molecule has 0 aliphatic carbocycles. The molecule has 0 radical (unpaired) electrons. The summed E-state index contributed by atoms with van der Waals surface area (Å²) in [6.07, 6.45) is 12.5. The van der Waals surface area contributed by atoms with E-state index in [0.29, 0.717) is 19.3 Å². The Bertz CT molecular complexity index is 316. The number of carbonyl (C=O) groups excluding carboxylic acids is 1. The molecule has 0 atom stereocenters. The van der Waals surface area contributed by atoms with E-state index in [0.717, 1.165) is 38.5 Å². The number of aliphatic hydroxyl groups is 2. The molecular formula is C18H33KO4. The van der Waals surface area contributed by atoms with E-state index in [1.807, 2.05) is 0 Å². The summed E-state index contributed by atoms with van der Waals surface area (Å²) in [5.74, 6) is -0.712. The Hall–Kier alpha value is 0.446. The minimum Gasteiger partial charge on any atom is -0.550 e. The molecule has 4 nitrogen and oxygen atoms in total. The molecule has 0 bridgehead atoms. The molecule has 0 aliphatic heterocycles. The Morgan fingerprint density at radius 2 is 1.04 bits per heavy atom. The Kier molecular flexibility index (Phi) is 21.0. The van der Waals surface area contributed by atoms with Gasteiger partial charge in [-0.05, 0) is 25.7 Å². The first-order valence-electron chi connectivity index (χ1n) is 8.87. The number of hydrogen-bond donors (Lipinski definition) is 2. The van der Waals surface area contributed by atoms with Gasteiger partial charge in [0, 0.05) is 18.8 Å². The van der Waals surface area contributed by atoms with Crippen molar-refractivity contribution in [2.24, 2.45) is 0 Å². The molecule has 0 spiro atoms. The minimum atomic E-state index is -0.986. The third-order valence-electron chi connectivity index (χ3n) is 3.89. The zero-order chi connectivity index (χ0) is 16.6. The summed E-state index contributed by atoms with van der Waals surface area (Å²) in [5.41, 5.74) is 0. The van der Waals surface area contributed by atoms with Crippen molar-refractivity contribution in [3.8, 4) is 0 Å². The van der Waals surface area contributed by atoms with E-state index in [1.54, 1.807) is 0 Å². The van der Waals surface area contributed by atoms with E-state index in [2.05, 4.69) is 6.92 Å². The van der Waals surface area contributed by atoms with Crippen molar-refractivity contribution in [3.05, 3.63) is 11.5 Å². The number of carboxylic acid groups (broad SMARTS) is 1. The fourth-order valence-electron chi connectivity index (χ4n) is 2.45. The van der Waals surface area contributed by atoms with Crippen LogP contribution in [0.25, 0.3) is 0 Å². The zero-order valence-corrected chi connectivity index (χ0v) is 18.2. The van der Waals surface area contributed by atoms with Gasteiger partial charge < -0.3 is 20.1 Å². The van der Waals surface area contributed by atoms with Crippen molar-refractivity contribution in [1.29, 1.82) is 0 Å². The van der Waals surface area contributed by atoms with Crippen molar-refractivity contribution < 1.29 is 71.5 Å². The molecule has 2 N–H and O–H groups in total. The molecule has 0 rings (SSSR count). The second-order valence-electron chi connectivity index (χ2n) is 6.05. The maximum Gasteiger partial charge on any atom is 1.00 e. The molecule has 0 saturated heterocycles. The van der Waals surface area contributed by atoms with E-state index in [9.17, 15) is 20.1 Å². The molecule has 0 heterocycles. The van der Waals surface area contributed by atoms with Gasteiger partial charge in [0.05, 0.1) is 0 Å². The van der Waals surface area contributed by atoms with Gasteiger partial charge in [-0.2, -0.15) is 0 Å². The molecule has 23 heavy (non-hydrogen) atoms. The number of rotatable bonds is 15. The molecule has 0 amide bonds. The molecule has 130 valence electrons. The van der Waals surface area contributed by atoms with E-state index in [-0.39, 0.29) is 69.3 Å². The van der Waals surface area contributed by atoms with Crippen LogP contribution in [0.4, 0.5) is 0 Å². The maximum absolute atomic E-state index is 10.2. The number of carboxylic acids is 1. The van der Waals surface area contributed by atoms with E-state index < -0.39 is 5.97 Å². The Morgan fingerprint density at radius 3 is 1.43 bits per heavy atom. The Labute approximate surface area is 184 Å². The maximum atomic E-state index is 10.2. The number of carbonyl (C=O) groups is 1. The summed E-state index contributed by atoms with van der Waals surface area (Å²) >= 11 is 0. The smallest absolute Gasteiger partial charge is 0.550 e. The second kappa shape index (κ2) is 18.8. The van der Waals surface area contributed by atoms with Crippen LogP contribution < -0.4 is 56.5 Å². The number of aliphatic hydroxyl groups excluding tert-OH is 2. The van der Waals surface area contributed by atoms with Gasteiger partial charge in [-0.25, -0.2) is 0 Å². The van der Waals surface area contributed by atoms with Crippen LogP contribution in [0.2, 0.25) is 0 Å². The molecule has 0 unspecified atom stereocenters. The summed E-state index contributed by atoms with van der Waals surface area (Å²) < 4.78 is 0. The average Bonchev–Trinajstić information content (AvgIpc) is 2.49. The van der Waals surface area contributed by atoms with Crippen molar-refractivity contribution in [2.45, 2.75) is 96.8 Å². The van der Waals surface area contributed by atoms with Crippen LogP contribution in [0.1, 0.15) is 96.8 Å². The van der Waals surface area contributed by atoms with Gasteiger partial charge in [0.2, 0.25) is 0 Å². The van der Waals surface area contributed by atoms with Gasteiger partial charge >= 0.3 is 51.4 Å². The number of aliphatic carboxylic acids is 1. The standard InChI is InChI=1S/C18H34O4.K/c1-2-3-4-5-7-10-13-16(19)17(20)14-11-8-6-9-12-15-18(21)22;/h19-20H,2-15H2,1H3,(H,21,22);/q;+1/p-1/b17-16-;. The zero-order valence-electron chi connectivity index (χ0n) is 15.1. The average molecular weight is 353 g/mol. The van der Waals surface area contributed by atoms with Gasteiger partial charge in [-0.1, -0.05) is 58.3 Å². The van der Waals surface area contributed by atoms with Gasteiger partial charge in [-0.15, -0.1) is 0 Å². The summed E-state index contributed by atoms with van der Waals surface area (Å²) in [4.78, 5) is 10.2. The third kappa shape index (κ3) is 18.6. The van der Waals surface area contributed by atoms with Crippen molar-refractivity contribution in [3.63, 3.8) is 0 Å². The predicted octanol–water partition coefficient (Wildman–Crippen LogP) is 1.55. The topological polar surface area (TPSA) is 80.6 Å². The van der Waals surface area contributed by atoms with Gasteiger partial charge in [-0.3, -0.25) is 0 Å². The molecule has 0 aromatic carbocycles. The molecule has 0 aromatic rings. The van der Waals surface area contributed by atoms with E-state index in [1.165, 1.54) is 25.7 Å². The minimum absolute atomic E-state index is 0. The van der Waals surface area contributed by atoms with Crippen LogP contribution in [0, 0.1) is 0 Å². The quantitative estimate of drug-likeness (QED) is 0.266. The van der Waals surface area contributed by atoms with Gasteiger partial charge in [0.1, 0.15) is 11.5 Å². The van der Waals surface area contributed by atoms with Crippen molar-refractivity contribution in [2.75, 3.05) is 0 Å². The van der Waals surface area contributed by atoms with Crippen LogP contribution >= 0.6 is 0 Å². The Balaban J connectivity index is 0. The summed E-state index contributed by atoms with van der Waals surface area (Å²) in [6.45, 7) is 2.19. The predicted molar refractivity (Wildman–Crippen MR) is 87.6 cm³/mol. The number of hydrogen-bond acceptors (Lipinski definition) is 4. The summed E-state index contributed by atoms with van der Waals surface area (Å²) in [6, 6.07) is 0. The first kappa shape index (κ1) is 25.7. The third-order valence-corrected chi connectivity index (χ3v) is 3.89. The monoisotopic (exact) mass is 352 g/mol.